The van der Waals surface area contributed by atoms with Crippen LogP contribution in [-0.4, -0.2) is 36.2 Å². The smallest absolute Gasteiger partial charge is 0.335 e. The van der Waals surface area contributed by atoms with Crippen LogP contribution in [0.1, 0.15) is 20.7 Å². The summed E-state index contributed by atoms with van der Waals surface area (Å²) in [5, 5.41) is 17.6. The molecule has 5 nitrogen and oxygen atoms in total. The first-order valence-corrected chi connectivity index (χ1v) is 4.21. The van der Waals surface area contributed by atoms with Gasteiger partial charge in [-0.15, -0.1) is 12.4 Å². The number of anilines is 1. The monoisotopic (exact) mass is 245 g/mol. The van der Waals surface area contributed by atoms with Gasteiger partial charge in [0.05, 0.1) is 11.1 Å². The van der Waals surface area contributed by atoms with Gasteiger partial charge in [-0.25, -0.2) is 9.59 Å². The third-order valence-electron chi connectivity index (χ3n) is 1.93. The minimum Gasteiger partial charge on any atom is -0.478 e. The van der Waals surface area contributed by atoms with Crippen molar-refractivity contribution in [2.75, 3.05) is 19.0 Å². The summed E-state index contributed by atoms with van der Waals surface area (Å²) in [6, 6.07) is 3.99. The number of carboxylic acid groups (broad SMARTS) is 2. The topological polar surface area (TPSA) is 77.8 Å². The van der Waals surface area contributed by atoms with Crippen molar-refractivity contribution in [2.45, 2.75) is 0 Å². The van der Waals surface area contributed by atoms with E-state index in [9.17, 15) is 9.59 Å². The highest BCUT2D eigenvalue weighted by atomic mass is 35.5. The van der Waals surface area contributed by atoms with Gasteiger partial charge in [0.25, 0.3) is 0 Å². The summed E-state index contributed by atoms with van der Waals surface area (Å²) >= 11 is 0. The molecule has 1 aromatic rings. The van der Waals surface area contributed by atoms with E-state index in [2.05, 4.69) is 0 Å². The van der Waals surface area contributed by atoms with Crippen molar-refractivity contribution in [3.63, 3.8) is 0 Å². The molecule has 6 heteroatoms. The second-order valence-corrected chi connectivity index (χ2v) is 3.27. The number of halogens is 1. The Bertz CT molecular complexity index is 385. The number of benzene rings is 1. The Morgan fingerprint density at radius 2 is 1.38 bits per heavy atom. The Morgan fingerprint density at radius 1 is 1.00 bits per heavy atom. The zero-order valence-electron chi connectivity index (χ0n) is 8.80. The van der Waals surface area contributed by atoms with E-state index in [4.69, 9.17) is 10.2 Å². The van der Waals surface area contributed by atoms with Gasteiger partial charge in [0.1, 0.15) is 0 Å². The molecule has 0 aliphatic carbocycles. The van der Waals surface area contributed by atoms with Crippen molar-refractivity contribution in [1.82, 2.24) is 0 Å². The molecule has 0 bridgehead atoms. The SMILES string of the molecule is CN(C)c1cc(C(=O)O)cc(C(=O)O)c1.Cl. The fourth-order valence-electron chi connectivity index (χ4n) is 1.12. The van der Waals surface area contributed by atoms with Crippen molar-refractivity contribution in [2.24, 2.45) is 0 Å². The van der Waals surface area contributed by atoms with E-state index < -0.39 is 11.9 Å². The summed E-state index contributed by atoms with van der Waals surface area (Å²) in [6.07, 6.45) is 0. The van der Waals surface area contributed by atoms with Crippen molar-refractivity contribution >= 4 is 30.0 Å². The zero-order chi connectivity index (χ0) is 11.6. The Kier molecular flexibility index (Phi) is 4.78. The van der Waals surface area contributed by atoms with Gasteiger partial charge >= 0.3 is 11.9 Å². The minimum absolute atomic E-state index is 0. The molecular formula is C10H12ClNO4. The molecular weight excluding hydrogens is 234 g/mol. The molecule has 0 amide bonds. The molecule has 0 aromatic heterocycles. The molecule has 0 saturated heterocycles. The van der Waals surface area contributed by atoms with Gasteiger partial charge in [-0.2, -0.15) is 0 Å². The standard InChI is InChI=1S/C10H11NO4.ClH/c1-11(2)8-4-6(9(12)13)3-7(5-8)10(14)15;/h3-5H,1-2H3,(H,12,13)(H,14,15);1H. The molecule has 0 radical (unpaired) electrons. The second kappa shape index (κ2) is 5.37. The van der Waals surface area contributed by atoms with Crippen LogP contribution in [0.15, 0.2) is 18.2 Å². The highest BCUT2D eigenvalue weighted by Gasteiger charge is 2.11. The maximum Gasteiger partial charge on any atom is 0.335 e. The van der Waals surface area contributed by atoms with Crippen LogP contribution in [0.25, 0.3) is 0 Å². The lowest BCUT2D eigenvalue weighted by Gasteiger charge is -2.13. The summed E-state index contributed by atoms with van der Waals surface area (Å²) in [4.78, 5) is 23.1. The van der Waals surface area contributed by atoms with Gasteiger partial charge in [0.15, 0.2) is 0 Å². The number of rotatable bonds is 3. The van der Waals surface area contributed by atoms with Gasteiger partial charge in [0.2, 0.25) is 0 Å². The molecule has 88 valence electrons. The van der Waals surface area contributed by atoms with E-state index in [1.165, 1.54) is 12.1 Å². The zero-order valence-corrected chi connectivity index (χ0v) is 9.61. The predicted octanol–water partition coefficient (Wildman–Crippen LogP) is 1.57. The largest absolute Gasteiger partial charge is 0.478 e. The van der Waals surface area contributed by atoms with Gasteiger partial charge < -0.3 is 15.1 Å². The van der Waals surface area contributed by atoms with Crippen LogP contribution in [0.3, 0.4) is 0 Å². The van der Waals surface area contributed by atoms with Crippen LogP contribution in [0.5, 0.6) is 0 Å². The number of carbonyl (C=O) groups is 2. The normalized spacial score (nSPS) is 9.12. The first-order chi connectivity index (χ1) is 6.91. The molecule has 0 aliphatic rings. The van der Waals surface area contributed by atoms with Crippen molar-refractivity contribution < 1.29 is 19.8 Å². The summed E-state index contributed by atoms with van der Waals surface area (Å²) in [5.74, 6) is -2.28. The van der Waals surface area contributed by atoms with Crippen LogP contribution in [-0.2, 0) is 0 Å². The fourth-order valence-corrected chi connectivity index (χ4v) is 1.12. The highest BCUT2D eigenvalue weighted by molar-refractivity contribution is 5.95. The maximum absolute atomic E-state index is 10.7. The van der Waals surface area contributed by atoms with E-state index in [1.807, 2.05) is 0 Å². The summed E-state index contributed by atoms with van der Waals surface area (Å²) in [7, 11) is 3.43. The molecule has 1 rings (SSSR count). The average Bonchev–Trinajstić information content (AvgIpc) is 2.16. The molecule has 0 saturated carbocycles. The van der Waals surface area contributed by atoms with E-state index in [-0.39, 0.29) is 23.5 Å². The first-order valence-electron chi connectivity index (χ1n) is 4.21. The van der Waals surface area contributed by atoms with E-state index in [0.29, 0.717) is 5.69 Å². The highest BCUT2D eigenvalue weighted by Crippen LogP contribution is 2.17. The van der Waals surface area contributed by atoms with Crippen LogP contribution < -0.4 is 4.90 Å². The Morgan fingerprint density at radius 3 is 1.62 bits per heavy atom. The first kappa shape index (κ1) is 14.2. The second-order valence-electron chi connectivity index (χ2n) is 3.27. The van der Waals surface area contributed by atoms with E-state index in [0.717, 1.165) is 6.07 Å². The molecule has 2 N–H and O–H groups in total. The van der Waals surface area contributed by atoms with Crippen LogP contribution in [0.2, 0.25) is 0 Å². The predicted molar refractivity (Wildman–Crippen MR) is 61.9 cm³/mol. The van der Waals surface area contributed by atoms with Crippen LogP contribution in [0, 0.1) is 0 Å². The van der Waals surface area contributed by atoms with E-state index in [1.54, 1.807) is 19.0 Å². The lowest BCUT2D eigenvalue weighted by molar-refractivity contribution is 0.0696. The summed E-state index contributed by atoms with van der Waals surface area (Å²) in [5.41, 5.74) is 0.490. The van der Waals surface area contributed by atoms with Crippen LogP contribution >= 0.6 is 12.4 Å². The number of hydrogen-bond acceptors (Lipinski definition) is 3. The van der Waals surface area contributed by atoms with Gasteiger partial charge in [-0.05, 0) is 18.2 Å². The fraction of sp³-hybridized carbons (Fsp3) is 0.200. The summed E-state index contributed by atoms with van der Waals surface area (Å²) < 4.78 is 0. The maximum atomic E-state index is 10.7. The summed E-state index contributed by atoms with van der Waals surface area (Å²) in [6.45, 7) is 0. The van der Waals surface area contributed by atoms with Gasteiger partial charge in [-0.3, -0.25) is 0 Å². The number of carboxylic acids is 2. The van der Waals surface area contributed by atoms with Gasteiger partial charge in [0, 0.05) is 19.8 Å². The van der Waals surface area contributed by atoms with Crippen LogP contribution in [0.4, 0.5) is 5.69 Å². The molecule has 1 aromatic carbocycles. The average molecular weight is 246 g/mol. The lowest BCUT2D eigenvalue weighted by atomic mass is 10.1. The molecule has 0 heterocycles. The third-order valence-corrected chi connectivity index (χ3v) is 1.93. The Hall–Kier alpha value is -1.75. The van der Waals surface area contributed by atoms with Crippen molar-refractivity contribution in [1.29, 1.82) is 0 Å². The molecule has 0 spiro atoms. The third kappa shape index (κ3) is 3.13. The van der Waals surface area contributed by atoms with Crippen molar-refractivity contribution in [3.05, 3.63) is 29.3 Å². The number of aromatic carboxylic acids is 2. The molecule has 0 unspecified atom stereocenters. The Balaban J connectivity index is 0.00000225. The number of nitrogens with zero attached hydrogens (tertiary/aromatic N) is 1. The lowest BCUT2D eigenvalue weighted by Crippen LogP contribution is -2.12. The van der Waals surface area contributed by atoms with Gasteiger partial charge in [-0.1, -0.05) is 0 Å². The molecule has 0 fully saturated rings. The Labute approximate surface area is 98.7 Å². The minimum atomic E-state index is -1.14. The van der Waals surface area contributed by atoms with E-state index >= 15 is 0 Å². The van der Waals surface area contributed by atoms with Crippen molar-refractivity contribution in [3.8, 4) is 0 Å². The molecule has 16 heavy (non-hydrogen) atoms. The molecule has 0 atom stereocenters. The molecule has 0 aliphatic heterocycles. The quantitative estimate of drug-likeness (QED) is 0.845. The number of hydrogen-bond donors (Lipinski definition) is 2.